The average Bonchev–Trinajstić information content (AvgIpc) is 2.45. The maximum atomic E-state index is 12.8. The summed E-state index contributed by atoms with van der Waals surface area (Å²) in [6.07, 6.45) is -1.96. The van der Waals surface area contributed by atoms with Gasteiger partial charge in [-0.2, -0.15) is 13.2 Å². The van der Waals surface area contributed by atoms with Crippen molar-refractivity contribution in [2.45, 2.75) is 6.18 Å². The van der Waals surface area contributed by atoms with E-state index in [1.54, 1.807) is 4.90 Å². The van der Waals surface area contributed by atoms with E-state index in [4.69, 9.17) is 0 Å². The second-order valence-electron chi connectivity index (χ2n) is 5.05. The first-order chi connectivity index (χ1) is 9.88. The molecule has 0 aromatic heterocycles. The molecule has 1 heterocycles. The highest BCUT2D eigenvalue weighted by Gasteiger charge is 2.32. The maximum absolute atomic E-state index is 12.8. The Balaban J connectivity index is 2.09. The van der Waals surface area contributed by atoms with Crippen LogP contribution in [-0.4, -0.2) is 48.9 Å². The van der Waals surface area contributed by atoms with Crippen molar-refractivity contribution in [2.75, 3.05) is 33.2 Å². The molecule has 0 radical (unpaired) electrons. The average molecular weight is 298 g/mol. The number of carbonyl (C=O) groups is 1. The lowest BCUT2D eigenvalue weighted by atomic mass is 10.1. The van der Waals surface area contributed by atoms with E-state index >= 15 is 0 Å². The van der Waals surface area contributed by atoms with Gasteiger partial charge in [-0.05, 0) is 24.8 Å². The van der Waals surface area contributed by atoms with E-state index < -0.39 is 11.7 Å². The Hall–Kier alpha value is -1.82. The number of hydrogen-bond donors (Lipinski definition) is 0. The number of halogens is 3. The molecule has 1 fully saturated rings. The van der Waals surface area contributed by atoms with Gasteiger partial charge in [0.25, 0.3) is 0 Å². The third-order valence-electron chi connectivity index (χ3n) is 3.49. The van der Waals surface area contributed by atoms with Crippen LogP contribution < -0.4 is 0 Å². The van der Waals surface area contributed by atoms with Crippen LogP contribution in [0.1, 0.15) is 11.1 Å². The van der Waals surface area contributed by atoms with Crippen LogP contribution in [0.15, 0.2) is 30.3 Å². The minimum Gasteiger partial charge on any atom is -0.337 e. The Kier molecular flexibility index (Phi) is 4.67. The molecule has 2 rings (SSSR count). The number of likely N-dealkylation sites (N-methyl/N-ethyl adjacent to an activating group) is 1. The van der Waals surface area contributed by atoms with E-state index in [0.29, 0.717) is 13.1 Å². The lowest BCUT2D eigenvalue weighted by Crippen LogP contribution is -2.46. The summed E-state index contributed by atoms with van der Waals surface area (Å²) in [6.45, 7) is 2.75. The van der Waals surface area contributed by atoms with Gasteiger partial charge < -0.3 is 9.80 Å². The maximum Gasteiger partial charge on any atom is 0.416 e. The molecule has 0 N–H and O–H groups in total. The summed E-state index contributed by atoms with van der Waals surface area (Å²) >= 11 is 0. The van der Waals surface area contributed by atoms with Crippen LogP contribution in [0.25, 0.3) is 6.08 Å². The van der Waals surface area contributed by atoms with E-state index in [9.17, 15) is 18.0 Å². The summed E-state index contributed by atoms with van der Waals surface area (Å²) in [6, 6.07) is 5.23. The zero-order valence-electron chi connectivity index (χ0n) is 11.7. The lowest BCUT2D eigenvalue weighted by molar-refractivity contribution is -0.137. The second kappa shape index (κ2) is 6.30. The first-order valence-corrected chi connectivity index (χ1v) is 6.69. The molecule has 1 aliphatic heterocycles. The van der Waals surface area contributed by atoms with Gasteiger partial charge in [-0.3, -0.25) is 4.79 Å². The van der Waals surface area contributed by atoms with Gasteiger partial charge >= 0.3 is 6.18 Å². The zero-order valence-corrected chi connectivity index (χ0v) is 11.7. The standard InChI is InChI=1S/C15H17F3N2O/c1-19-8-10-20(11-9-19)14(21)7-6-12-4-2-3-5-13(12)15(16,17)18/h2-7H,8-11H2,1H3/b7-6+. The van der Waals surface area contributed by atoms with Crippen LogP contribution in [0, 0.1) is 0 Å². The van der Waals surface area contributed by atoms with Crippen molar-refractivity contribution in [1.29, 1.82) is 0 Å². The molecule has 0 bridgehead atoms. The van der Waals surface area contributed by atoms with Crippen LogP contribution in [0.4, 0.5) is 13.2 Å². The third kappa shape index (κ3) is 4.07. The Morgan fingerprint density at radius 2 is 1.76 bits per heavy atom. The molecule has 0 unspecified atom stereocenters. The number of carbonyl (C=O) groups excluding carboxylic acids is 1. The molecule has 1 aliphatic rings. The van der Waals surface area contributed by atoms with Crippen molar-refractivity contribution < 1.29 is 18.0 Å². The SMILES string of the molecule is CN1CCN(C(=O)/C=C/c2ccccc2C(F)(F)F)CC1. The summed E-state index contributed by atoms with van der Waals surface area (Å²) < 4.78 is 38.5. The minimum atomic E-state index is -4.42. The van der Waals surface area contributed by atoms with E-state index in [2.05, 4.69) is 4.90 Å². The molecule has 1 amide bonds. The number of amides is 1. The number of rotatable bonds is 2. The molecule has 1 saturated heterocycles. The van der Waals surface area contributed by atoms with Crippen molar-refractivity contribution in [2.24, 2.45) is 0 Å². The van der Waals surface area contributed by atoms with Gasteiger partial charge in [0.1, 0.15) is 0 Å². The number of piperazine rings is 1. The van der Waals surface area contributed by atoms with Crippen LogP contribution in [0.2, 0.25) is 0 Å². The van der Waals surface area contributed by atoms with Crippen molar-refractivity contribution in [3.63, 3.8) is 0 Å². The van der Waals surface area contributed by atoms with Gasteiger partial charge in [0.15, 0.2) is 0 Å². The van der Waals surface area contributed by atoms with Gasteiger partial charge in [-0.25, -0.2) is 0 Å². The van der Waals surface area contributed by atoms with Gasteiger partial charge in [-0.1, -0.05) is 18.2 Å². The van der Waals surface area contributed by atoms with Gasteiger partial charge in [0, 0.05) is 32.3 Å². The van der Waals surface area contributed by atoms with Crippen LogP contribution in [-0.2, 0) is 11.0 Å². The number of alkyl halides is 3. The summed E-state index contributed by atoms with van der Waals surface area (Å²) in [5.74, 6) is -0.250. The van der Waals surface area contributed by atoms with Gasteiger partial charge in [0.2, 0.25) is 5.91 Å². The largest absolute Gasteiger partial charge is 0.416 e. The molecule has 1 aromatic carbocycles. The first kappa shape index (κ1) is 15.6. The smallest absolute Gasteiger partial charge is 0.337 e. The summed E-state index contributed by atoms with van der Waals surface area (Å²) in [5.41, 5.74) is -0.722. The van der Waals surface area contributed by atoms with Crippen molar-refractivity contribution in [3.8, 4) is 0 Å². The second-order valence-corrected chi connectivity index (χ2v) is 5.05. The van der Waals surface area contributed by atoms with E-state index in [-0.39, 0.29) is 11.5 Å². The Morgan fingerprint density at radius 1 is 1.14 bits per heavy atom. The number of hydrogen-bond acceptors (Lipinski definition) is 2. The molecule has 114 valence electrons. The van der Waals surface area contributed by atoms with E-state index in [1.807, 2.05) is 7.05 Å². The molecular formula is C15H17F3N2O. The molecule has 0 aliphatic carbocycles. The van der Waals surface area contributed by atoms with E-state index in [1.165, 1.54) is 30.4 Å². The fourth-order valence-corrected chi connectivity index (χ4v) is 2.19. The summed E-state index contributed by atoms with van der Waals surface area (Å²) in [7, 11) is 1.97. The monoisotopic (exact) mass is 298 g/mol. The minimum absolute atomic E-state index is 0.00692. The van der Waals surface area contributed by atoms with Gasteiger partial charge in [0.05, 0.1) is 5.56 Å². The van der Waals surface area contributed by atoms with Crippen molar-refractivity contribution >= 4 is 12.0 Å². The molecule has 3 nitrogen and oxygen atoms in total. The fraction of sp³-hybridized carbons (Fsp3) is 0.400. The van der Waals surface area contributed by atoms with Crippen molar-refractivity contribution in [1.82, 2.24) is 9.80 Å². The number of benzene rings is 1. The highest BCUT2D eigenvalue weighted by molar-refractivity contribution is 5.92. The van der Waals surface area contributed by atoms with Crippen LogP contribution in [0.5, 0.6) is 0 Å². The fourth-order valence-electron chi connectivity index (χ4n) is 2.19. The van der Waals surface area contributed by atoms with E-state index in [0.717, 1.165) is 19.2 Å². The molecule has 1 aromatic rings. The normalized spacial score (nSPS) is 17.4. The third-order valence-corrected chi connectivity index (χ3v) is 3.49. The highest BCUT2D eigenvalue weighted by Crippen LogP contribution is 2.32. The summed E-state index contributed by atoms with van der Waals surface area (Å²) in [5, 5.41) is 0. The predicted molar refractivity (Wildman–Crippen MR) is 74.6 cm³/mol. The molecule has 0 saturated carbocycles. The quantitative estimate of drug-likeness (QED) is 0.783. The molecule has 6 heteroatoms. The zero-order chi connectivity index (χ0) is 15.5. The number of nitrogens with zero attached hydrogens (tertiary/aromatic N) is 2. The van der Waals surface area contributed by atoms with Crippen molar-refractivity contribution in [3.05, 3.63) is 41.5 Å². The first-order valence-electron chi connectivity index (χ1n) is 6.69. The Bertz CT molecular complexity index is 532. The topological polar surface area (TPSA) is 23.6 Å². The predicted octanol–water partition coefficient (Wildman–Crippen LogP) is 2.49. The Morgan fingerprint density at radius 3 is 2.38 bits per heavy atom. The lowest BCUT2D eigenvalue weighted by Gasteiger charge is -2.31. The molecule has 21 heavy (non-hydrogen) atoms. The molecule has 0 spiro atoms. The van der Waals surface area contributed by atoms with Crippen LogP contribution >= 0.6 is 0 Å². The Labute approximate surface area is 121 Å². The van der Waals surface area contributed by atoms with Crippen LogP contribution in [0.3, 0.4) is 0 Å². The molecular weight excluding hydrogens is 281 g/mol. The molecule has 0 atom stereocenters. The van der Waals surface area contributed by atoms with Gasteiger partial charge in [-0.15, -0.1) is 0 Å². The summed E-state index contributed by atoms with van der Waals surface area (Å²) in [4.78, 5) is 15.7. The highest BCUT2D eigenvalue weighted by atomic mass is 19.4.